The maximum atomic E-state index is 12.5. The van der Waals surface area contributed by atoms with Crippen LogP contribution in [-0.2, 0) is 9.53 Å². The fraction of sp³-hybridized carbons (Fsp3) is 0.381. The van der Waals surface area contributed by atoms with Gasteiger partial charge < -0.3 is 14.5 Å². The van der Waals surface area contributed by atoms with Crippen LogP contribution < -0.4 is 5.32 Å². The van der Waals surface area contributed by atoms with Gasteiger partial charge in [0.2, 0.25) is 11.7 Å². The molecule has 1 aromatic carbocycles. The van der Waals surface area contributed by atoms with Crippen LogP contribution in [0, 0.1) is 26.7 Å². The molecule has 1 heterocycles. The molecule has 1 amide bonds. The van der Waals surface area contributed by atoms with E-state index in [1.165, 1.54) is 6.92 Å². The SMILES string of the molecule is Cc1oc(C)c(C(=O)O[C@H](C)C(=O)c2ccc(NC(=O)C(C)C)cc2)c1C. The first-order valence-corrected chi connectivity index (χ1v) is 8.84. The van der Waals surface area contributed by atoms with Gasteiger partial charge in [0.05, 0.1) is 0 Å². The maximum Gasteiger partial charge on any atom is 0.342 e. The molecule has 0 saturated carbocycles. The molecule has 1 N–H and O–H groups in total. The summed E-state index contributed by atoms with van der Waals surface area (Å²) in [5.41, 5.74) is 2.07. The highest BCUT2D eigenvalue weighted by Gasteiger charge is 2.25. The first-order valence-electron chi connectivity index (χ1n) is 8.84. The number of rotatable bonds is 6. The molecular weight excluding hydrogens is 346 g/mol. The summed E-state index contributed by atoms with van der Waals surface area (Å²) in [6.45, 7) is 10.4. The van der Waals surface area contributed by atoms with Gasteiger partial charge in [0.15, 0.2) is 6.10 Å². The number of amides is 1. The summed E-state index contributed by atoms with van der Waals surface area (Å²) in [7, 11) is 0. The van der Waals surface area contributed by atoms with Crippen LogP contribution in [0.5, 0.6) is 0 Å². The number of esters is 1. The van der Waals surface area contributed by atoms with Crippen LogP contribution in [0.1, 0.15) is 58.6 Å². The second kappa shape index (κ2) is 8.20. The van der Waals surface area contributed by atoms with Gasteiger partial charge in [-0.05, 0) is 52.0 Å². The second-order valence-corrected chi connectivity index (χ2v) is 6.85. The first kappa shape index (κ1) is 20.4. The average molecular weight is 371 g/mol. The van der Waals surface area contributed by atoms with E-state index in [1.807, 2.05) is 0 Å². The Kier molecular flexibility index (Phi) is 6.20. The van der Waals surface area contributed by atoms with Crippen molar-refractivity contribution < 1.29 is 23.5 Å². The first-order chi connectivity index (χ1) is 12.6. The predicted octanol–water partition coefficient (Wildman–Crippen LogP) is 4.23. The summed E-state index contributed by atoms with van der Waals surface area (Å²) in [6, 6.07) is 6.49. The summed E-state index contributed by atoms with van der Waals surface area (Å²) in [5.74, 6) is -0.0109. The number of ketones is 1. The molecule has 0 fully saturated rings. The van der Waals surface area contributed by atoms with Crippen LogP contribution in [0.15, 0.2) is 28.7 Å². The molecule has 1 atom stereocenters. The van der Waals surface area contributed by atoms with Crippen LogP contribution >= 0.6 is 0 Å². The molecule has 0 aliphatic heterocycles. The van der Waals surface area contributed by atoms with Gasteiger partial charge in [0.25, 0.3) is 0 Å². The van der Waals surface area contributed by atoms with Crippen LogP contribution in [0.25, 0.3) is 0 Å². The smallest absolute Gasteiger partial charge is 0.342 e. The molecule has 0 radical (unpaired) electrons. The van der Waals surface area contributed by atoms with Gasteiger partial charge in [-0.2, -0.15) is 0 Å². The van der Waals surface area contributed by atoms with Crippen molar-refractivity contribution in [2.75, 3.05) is 5.32 Å². The molecule has 0 spiro atoms. The number of anilines is 1. The third kappa shape index (κ3) is 4.64. The van der Waals surface area contributed by atoms with Gasteiger partial charge >= 0.3 is 5.97 Å². The minimum absolute atomic E-state index is 0.0995. The van der Waals surface area contributed by atoms with Gasteiger partial charge in [0.1, 0.15) is 17.1 Å². The van der Waals surface area contributed by atoms with Gasteiger partial charge in [0, 0.05) is 22.7 Å². The fourth-order valence-electron chi connectivity index (χ4n) is 2.61. The van der Waals surface area contributed by atoms with Crippen molar-refractivity contribution in [2.45, 2.75) is 47.6 Å². The zero-order valence-corrected chi connectivity index (χ0v) is 16.5. The third-order valence-electron chi connectivity index (χ3n) is 4.38. The molecule has 27 heavy (non-hydrogen) atoms. The Balaban J connectivity index is 2.06. The molecule has 0 unspecified atom stereocenters. The quantitative estimate of drug-likeness (QED) is 0.607. The second-order valence-electron chi connectivity index (χ2n) is 6.85. The van der Waals surface area contributed by atoms with E-state index in [0.29, 0.717) is 33.9 Å². The van der Waals surface area contributed by atoms with Crippen molar-refractivity contribution in [3.05, 3.63) is 52.5 Å². The summed E-state index contributed by atoms with van der Waals surface area (Å²) in [4.78, 5) is 36.7. The number of carbonyl (C=O) groups is 3. The lowest BCUT2D eigenvalue weighted by Crippen LogP contribution is -2.25. The number of carbonyl (C=O) groups excluding carboxylic acids is 3. The summed E-state index contributed by atoms with van der Waals surface area (Å²) < 4.78 is 10.8. The van der Waals surface area contributed by atoms with Crippen LogP contribution in [0.4, 0.5) is 5.69 Å². The Bertz CT molecular complexity index is 861. The lowest BCUT2D eigenvalue weighted by atomic mass is 10.1. The number of Topliss-reactive ketones (excluding diaryl/α,β-unsaturated/α-hetero) is 1. The van der Waals surface area contributed by atoms with Gasteiger partial charge in [-0.25, -0.2) is 4.79 Å². The van der Waals surface area contributed by atoms with E-state index in [0.717, 1.165) is 0 Å². The molecule has 2 aromatic rings. The van der Waals surface area contributed by atoms with E-state index in [-0.39, 0.29) is 17.6 Å². The standard InChI is InChI=1S/C21H25NO5/c1-11(2)20(24)22-17-9-7-16(8-10-17)19(23)15(6)27-21(25)18-12(3)13(4)26-14(18)5/h7-11,15H,1-6H3,(H,22,24)/t15-/m1/s1. The molecule has 0 aliphatic rings. The Labute approximate surface area is 158 Å². The zero-order chi connectivity index (χ0) is 20.3. The molecule has 0 bridgehead atoms. The summed E-state index contributed by atoms with van der Waals surface area (Å²) in [6.07, 6.45) is -0.942. The van der Waals surface area contributed by atoms with Crippen LogP contribution in [-0.4, -0.2) is 23.8 Å². The highest BCUT2D eigenvalue weighted by molar-refractivity contribution is 6.02. The summed E-state index contributed by atoms with van der Waals surface area (Å²) in [5, 5.41) is 2.76. The van der Waals surface area contributed by atoms with Crippen molar-refractivity contribution in [1.29, 1.82) is 0 Å². The van der Waals surface area contributed by atoms with E-state index in [4.69, 9.17) is 9.15 Å². The Hall–Kier alpha value is -2.89. The lowest BCUT2D eigenvalue weighted by Gasteiger charge is -2.13. The minimum Gasteiger partial charge on any atom is -0.465 e. The molecule has 2 rings (SSSR count). The van der Waals surface area contributed by atoms with Gasteiger partial charge in [-0.1, -0.05) is 13.8 Å². The highest BCUT2D eigenvalue weighted by Crippen LogP contribution is 2.22. The number of aryl methyl sites for hydroxylation is 2. The van der Waals surface area contributed by atoms with Gasteiger partial charge in [-0.3, -0.25) is 9.59 Å². The number of benzene rings is 1. The number of ether oxygens (including phenoxy) is 1. The Morgan fingerprint density at radius 2 is 1.56 bits per heavy atom. The van der Waals surface area contributed by atoms with Crippen molar-refractivity contribution in [1.82, 2.24) is 0 Å². The topological polar surface area (TPSA) is 85.6 Å². The molecule has 1 aromatic heterocycles. The van der Waals surface area contributed by atoms with E-state index in [2.05, 4.69) is 5.32 Å². The zero-order valence-electron chi connectivity index (χ0n) is 16.5. The third-order valence-corrected chi connectivity index (χ3v) is 4.38. The average Bonchev–Trinajstić information content (AvgIpc) is 2.86. The number of hydrogen-bond donors (Lipinski definition) is 1. The van der Waals surface area contributed by atoms with E-state index in [1.54, 1.807) is 58.9 Å². The number of nitrogens with one attached hydrogen (secondary N) is 1. The highest BCUT2D eigenvalue weighted by atomic mass is 16.5. The molecule has 0 saturated heterocycles. The van der Waals surface area contributed by atoms with Gasteiger partial charge in [-0.15, -0.1) is 0 Å². The number of hydrogen-bond acceptors (Lipinski definition) is 5. The lowest BCUT2D eigenvalue weighted by molar-refractivity contribution is -0.118. The van der Waals surface area contributed by atoms with Crippen molar-refractivity contribution in [3.8, 4) is 0 Å². The summed E-state index contributed by atoms with van der Waals surface area (Å²) >= 11 is 0. The monoisotopic (exact) mass is 371 g/mol. The van der Waals surface area contributed by atoms with E-state index >= 15 is 0 Å². The van der Waals surface area contributed by atoms with Crippen LogP contribution in [0.3, 0.4) is 0 Å². The molecule has 0 aliphatic carbocycles. The van der Waals surface area contributed by atoms with Crippen molar-refractivity contribution in [3.63, 3.8) is 0 Å². The molecular formula is C21H25NO5. The van der Waals surface area contributed by atoms with Crippen LogP contribution in [0.2, 0.25) is 0 Å². The van der Waals surface area contributed by atoms with E-state index in [9.17, 15) is 14.4 Å². The number of furan rings is 1. The minimum atomic E-state index is -0.942. The normalized spacial score (nSPS) is 12.0. The molecule has 144 valence electrons. The molecule has 6 heteroatoms. The molecule has 6 nitrogen and oxygen atoms in total. The van der Waals surface area contributed by atoms with Crippen molar-refractivity contribution >= 4 is 23.3 Å². The van der Waals surface area contributed by atoms with Crippen molar-refractivity contribution in [2.24, 2.45) is 5.92 Å². The van der Waals surface area contributed by atoms with E-state index < -0.39 is 12.1 Å². The fourth-order valence-corrected chi connectivity index (χ4v) is 2.61. The Morgan fingerprint density at radius 3 is 2.04 bits per heavy atom. The Morgan fingerprint density at radius 1 is 0.963 bits per heavy atom. The predicted molar refractivity (Wildman–Crippen MR) is 102 cm³/mol. The largest absolute Gasteiger partial charge is 0.465 e. The maximum absolute atomic E-state index is 12.5.